The molecule has 1 aromatic carbocycles. The Morgan fingerprint density at radius 2 is 2.30 bits per heavy atom. The number of fused-ring (bicyclic) bond motifs is 1. The molecule has 1 fully saturated rings. The van der Waals surface area contributed by atoms with E-state index in [1.165, 1.54) is 12.5 Å². The van der Waals surface area contributed by atoms with Gasteiger partial charge in [0.25, 0.3) is 0 Å². The first-order valence-corrected chi connectivity index (χ1v) is 6.99. The summed E-state index contributed by atoms with van der Waals surface area (Å²) in [5, 5.41) is 3.43. The Morgan fingerprint density at radius 3 is 3.05 bits per heavy atom. The number of ether oxygens (including phenoxy) is 1. The minimum Gasteiger partial charge on any atom is -0.492 e. The van der Waals surface area contributed by atoms with Crippen molar-refractivity contribution < 1.29 is 9.13 Å². The second-order valence-corrected chi connectivity index (χ2v) is 6.05. The summed E-state index contributed by atoms with van der Waals surface area (Å²) < 4.78 is 19.1. The second kappa shape index (κ2) is 6.29. The van der Waals surface area contributed by atoms with Gasteiger partial charge in [0.05, 0.1) is 0 Å². The van der Waals surface area contributed by atoms with Crippen LogP contribution in [0.15, 0.2) is 18.2 Å². The average molecular weight is 301 g/mol. The first-order valence-electron chi connectivity index (χ1n) is 6.99. The number of benzene rings is 1. The van der Waals surface area contributed by atoms with Crippen molar-refractivity contribution in [3.05, 3.63) is 29.6 Å². The van der Waals surface area contributed by atoms with Gasteiger partial charge in [-0.2, -0.15) is 0 Å². The highest BCUT2D eigenvalue weighted by Gasteiger charge is 2.31. The van der Waals surface area contributed by atoms with Crippen LogP contribution < -0.4 is 10.1 Å². The molecular formula is C15H22ClFN2O. The van der Waals surface area contributed by atoms with E-state index < -0.39 is 0 Å². The molecule has 0 aliphatic carbocycles. The zero-order chi connectivity index (χ0) is 13.3. The first kappa shape index (κ1) is 15.5. The molecule has 0 radical (unpaired) electrons. The maximum absolute atomic E-state index is 13.4. The average Bonchev–Trinajstić information content (AvgIpc) is 2.69. The highest BCUT2D eigenvalue weighted by Crippen LogP contribution is 2.29. The Bertz CT molecular complexity index is 463. The summed E-state index contributed by atoms with van der Waals surface area (Å²) in [5.74, 6) is 0.650. The number of halogens is 2. The number of rotatable bonds is 2. The van der Waals surface area contributed by atoms with Crippen molar-refractivity contribution in [2.45, 2.75) is 19.9 Å². The van der Waals surface area contributed by atoms with Gasteiger partial charge in [0, 0.05) is 31.7 Å². The molecule has 1 N–H and O–H groups in total. The number of nitrogens with zero attached hydrogens (tertiary/aromatic N) is 1. The van der Waals surface area contributed by atoms with Crippen LogP contribution in [-0.4, -0.2) is 37.7 Å². The lowest BCUT2D eigenvalue weighted by Crippen LogP contribution is -2.38. The quantitative estimate of drug-likeness (QED) is 0.908. The summed E-state index contributed by atoms with van der Waals surface area (Å²) in [6.07, 6.45) is 1.21. The van der Waals surface area contributed by atoms with E-state index in [4.69, 9.17) is 4.74 Å². The Morgan fingerprint density at radius 1 is 1.45 bits per heavy atom. The molecule has 0 bridgehead atoms. The third-order valence-corrected chi connectivity index (χ3v) is 4.14. The maximum Gasteiger partial charge on any atom is 0.124 e. The fourth-order valence-electron chi connectivity index (χ4n) is 3.10. The fourth-order valence-corrected chi connectivity index (χ4v) is 3.10. The summed E-state index contributed by atoms with van der Waals surface area (Å²) >= 11 is 0. The van der Waals surface area contributed by atoms with Gasteiger partial charge in [0.2, 0.25) is 0 Å². The summed E-state index contributed by atoms with van der Waals surface area (Å²) in [4.78, 5) is 2.39. The lowest BCUT2D eigenvalue weighted by atomic mass is 9.89. The first-order chi connectivity index (χ1) is 9.15. The zero-order valence-corrected chi connectivity index (χ0v) is 12.6. The minimum atomic E-state index is -0.182. The van der Waals surface area contributed by atoms with Crippen LogP contribution in [0.5, 0.6) is 5.75 Å². The van der Waals surface area contributed by atoms with E-state index in [0.29, 0.717) is 12.0 Å². The maximum atomic E-state index is 13.4. The molecule has 1 aromatic rings. The van der Waals surface area contributed by atoms with Gasteiger partial charge in [-0.3, -0.25) is 4.90 Å². The van der Waals surface area contributed by atoms with Crippen molar-refractivity contribution in [1.82, 2.24) is 10.2 Å². The van der Waals surface area contributed by atoms with Crippen molar-refractivity contribution in [3.8, 4) is 5.75 Å². The molecule has 20 heavy (non-hydrogen) atoms. The molecule has 3 nitrogen and oxygen atoms in total. The van der Waals surface area contributed by atoms with Crippen molar-refractivity contribution in [1.29, 1.82) is 0 Å². The van der Waals surface area contributed by atoms with Crippen LogP contribution in [0.4, 0.5) is 4.39 Å². The van der Waals surface area contributed by atoms with Gasteiger partial charge in [-0.1, -0.05) is 6.92 Å². The van der Waals surface area contributed by atoms with E-state index in [9.17, 15) is 4.39 Å². The van der Waals surface area contributed by atoms with E-state index in [0.717, 1.165) is 44.0 Å². The van der Waals surface area contributed by atoms with Gasteiger partial charge in [-0.05, 0) is 36.6 Å². The Hall–Kier alpha value is -0.840. The van der Waals surface area contributed by atoms with Crippen LogP contribution >= 0.6 is 12.4 Å². The largest absolute Gasteiger partial charge is 0.492 e. The van der Waals surface area contributed by atoms with E-state index in [2.05, 4.69) is 17.1 Å². The third kappa shape index (κ3) is 3.43. The van der Waals surface area contributed by atoms with Gasteiger partial charge < -0.3 is 10.1 Å². The fraction of sp³-hybridized carbons (Fsp3) is 0.600. The smallest absolute Gasteiger partial charge is 0.124 e. The molecule has 1 saturated heterocycles. The van der Waals surface area contributed by atoms with Crippen LogP contribution in [0.1, 0.15) is 18.9 Å². The summed E-state index contributed by atoms with van der Waals surface area (Å²) in [6.45, 7) is 7.91. The molecule has 5 heteroatoms. The van der Waals surface area contributed by atoms with Crippen LogP contribution in [0.2, 0.25) is 0 Å². The monoisotopic (exact) mass is 300 g/mol. The number of hydrogen-bond donors (Lipinski definition) is 1. The van der Waals surface area contributed by atoms with Crippen LogP contribution in [0.25, 0.3) is 0 Å². The Labute approximate surface area is 125 Å². The number of nitrogens with one attached hydrogen (secondary N) is 1. The molecule has 0 aromatic heterocycles. The highest BCUT2D eigenvalue weighted by atomic mass is 35.5. The predicted octanol–water partition coefficient (Wildman–Crippen LogP) is 2.44. The van der Waals surface area contributed by atoms with Crippen LogP contribution in [0.3, 0.4) is 0 Å². The summed E-state index contributed by atoms with van der Waals surface area (Å²) in [7, 11) is 0. The molecule has 3 rings (SSSR count). The summed E-state index contributed by atoms with van der Waals surface area (Å²) in [6, 6.07) is 4.81. The molecule has 2 heterocycles. The van der Waals surface area contributed by atoms with Gasteiger partial charge in [0.15, 0.2) is 0 Å². The third-order valence-electron chi connectivity index (χ3n) is 4.14. The van der Waals surface area contributed by atoms with E-state index in [1.807, 2.05) is 0 Å². The molecule has 0 saturated carbocycles. The highest BCUT2D eigenvalue weighted by molar-refractivity contribution is 5.85. The lowest BCUT2D eigenvalue weighted by molar-refractivity contribution is 0.158. The molecule has 1 atom stereocenters. The lowest BCUT2D eigenvalue weighted by Gasteiger charge is -2.30. The van der Waals surface area contributed by atoms with E-state index in [1.54, 1.807) is 12.1 Å². The zero-order valence-electron chi connectivity index (χ0n) is 11.8. The summed E-state index contributed by atoms with van der Waals surface area (Å²) in [5.41, 5.74) is 1.30. The SMILES string of the molecule is CC1(CN2CCOc3ccc(F)cc3C2)CCNC1.Cl. The van der Waals surface area contributed by atoms with E-state index in [-0.39, 0.29) is 18.2 Å². The van der Waals surface area contributed by atoms with Gasteiger partial charge in [-0.15, -0.1) is 12.4 Å². The van der Waals surface area contributed by atoms with Crippen molar-refractivity contribution in [2.75, 3.05) is 32.8 Å². The van der Waals surface area contributed by atoms with Crippen molar-refractivity contribution in [2.24, 2.45) is 5.41 Å². The standard InChI is InChI=1S/C15H21FN2O.ClH/c1-15(4-5-17-10-15)11-18-6-7-19-14-3-2-13(16)8-12(14)9-18;/h2-3,8,17H,4-7,9-11H2,1H3;1H. The molecule has 0 spiro atoms. The molecule has 1 unspecified atom stereocenters. The second-order valence-electron chi connectivity index (χ2n) is 6.05. The molecule has 112 valence electrons. The Kier molecular flexibility index (Phi) is 4.89. The molecule has 0 amide bonds. The van der Waals surface area contributed by atoms with Crippen molar-refractivity contribution >= 4 is 12.4 Å². The van der Waals surface area contributed by atoms with E-state index >= 15 is 0 Å². The topological polar surface area (TPSA) is 24.5 Å². The molecule has 2 aliphatic rings. The molecule has 2 aliphatic heterocycles. The predicted molar refractivity (Wildman–Crippen MR) is 80.0 cm³/mol. The van der Waals surface area contributed by atoms with Crippen molar-refractivity contribution in [3.63, 3.8) is 0 Å². The van der Waals surface area contributed by atoms with Gasteiger partial charge >= 0.3 is 0 Å². The number of hydrogen-bond acceptors (Lipinski definition) is 3. The minimum absolute atomic E-state index is 0. The Balaban J connectivity index is 0.00000147. The van der Waals surface area contributed by atoms with Gasteiger partial charge in [-0.25, -0.2) is 4.39 Å². The molecular weight excluding hydrogens is 279 g/mol. The van der Waals surface area contributed by atoms with Gasteiger partial charge in [0.1, 0.15) is 18.2 Å². The van der Waals surface area contributed by atoms with Crippen LogP contribution in [-0.2, 0) is 6.54 Å². The van der Waals surface area contributed by atoms with Crippen LogP contribution in [0, 0.1) is 11.2 Å². The normalized spacial score (nSPS) is 26.3.